The van der Waals surface area contributed by atoms with E-state index in [0.717, 1.165) is 20.9 Å². The molecule has 0 aliphatic heterocycles. The molecule has 0 saturated heterocycles. The Bertz CT molecular complexity index is 685. The largest absolute Gasteiger partial charge is 0.0843 e. The van der Waals surface area contributed by atoms with E-state index in [4.69, 9.17) is 23.2 Å². The quantitative estimate of drug-likeness (QED) is 0.578. The first-order chi connectivity index (χ1) is 9.06. The molecule has 0 N–H and O–H groups in total. The normalized spacial score (nSPS) is 13.9. The van der Waals surface area contributed by atoms with Gasteiger partial charge in [0.05, 0.1) is 0 Å². The maximum Gasteiger partial charge on any atom is 0.0423 e. The Hall–Kier alpha value is -0.760. The zero-order chi connectivity index (χ0) is 13.6. The smallest absolute Gasteiger partial charge is 0.0423 e. The molecule has 3 rings (SSSR count). The minimum atomic E-state index is 0.756. The van der Waals surface area contributed by atoms with Gasteiger partial charge in [0, 0.05) is 14.5 Å². The van der Waals surface area contributed by atoms with E-state index in [1.165, 1.54) is 27.8 Å². The molecule has 2 aromatic carbocycles. The lowest BCUT2D eigenvalue weighted by Crippen LogP contribution is -1.89. The van der Waals surface area contributed by atoms with Gasteiger partial charge in [-0.15, -0.1) is 0 Å². The highest BCUT2D eigenvalue weighted by molar-refractivity contribution is 9.10. The predicted octanol–water partition coefficient (Wildman–Crippen LogP) is 6.13. The summed E-state index contributed by atoms with van der Waals surface area (Å²) in [5, 5.41) is 1.51. The second-order valence-electron chi connectivity index (χ2n) is 4.75. The Labute approximate surface area is 131 Å². The highest BCUT2D eigenvalue weighted by atomic mass is 79.9. The topological polar surface area (TPSA) is 0 Å². The SMILES string of the molecule is CC1=C(c2ccc(Cl)cc2)c2cc(Cl)cc(Br)c2C1. The predicted molar refractivity (Wildman–Crippen MR) is 86.0 cm³/mol. The van der Waals surface area contributed by atoms with Crippen molar-refractivity contribution in [3.63, 3.8) is 0 Å². The Morgan fingerprint density at radius 3 is 2.37 bits per heavy atom. The lowest BCUT2D eigenvalue weighted by molar-refractivity contribution is 1.18. The van der Waals surface area contributed by atoms with E-state index in [-0.39, 0.29) is 0 Å². The molecule has 1 aliphatic carbocycles. The molecule has 2 aromatic rings. The van der Waals surface area contributed by atoms with Crippen LogP contribution in [0.2, 0.25) is 10.0 Å². The van der Waals surface area contributed by atoms with Gasteiger partial charge in [0.15, 0.2) is 0 Å². The summed E-state index contributed by atoms with van der Waals surface area (Å²) >= 11 is 15.7. The van der Waals surface area contributed by atoms with Crippen molar-refractivity contribution in [3.8, 4) is 0 Å². The third-order valence-electron chi connectivity index (χ3n) is 3.43. The Balaban J connectivity index is 2.19. The molecular weight excluding hydrogens is 343 g/mol. The molecule has 96 valence electrons. The average molecular weight is 354 g/mol. The van der Waals surface area contributed by atoms with Gasteiger partial charge in [0.1, 0.15) is 0 Å². The van der Waals surface area contributed by atoms with Crippen LogP contribution >= 0.6 is 39.1 Å². The standard InChI is InChI=1S/C16H11BrCl2/c1-9-6-13-14(7-12(19)8-15(13)17)16(9)10-2-4-11(18)5-3-10/h2-5,7-8H,6H2,1H3. The van der Waals surface area contributed by atoms with Crippen molar-refractivity contribution in [2.24, 2.45) is 0 Å². The zero-order valence-electron chi connectivity index (χ0n) is 10.3. The van der Waals surface area contributed by atoms with Crippen LogP contribution in [0.5, 0.6) is 0 Å². The maximum atomic E-state index is 6.18. The second kappa shape index (κ2) is 4.97. The van der Waals surface area contributed by atoms with Crippen LogP contribution in [-0.2, 0) is 6.42 Å². The first-order valence-corrected chi connectivity index (χ1v) is 7.55. The Morgan fingerprint density at radius 2 is 1.68 bits per heavy atom. The van der Waals surface area contributed by atoms with Crippen LogP contribution in [0.25, 0.3) is 5.57 Å². The van der Waals surface area contributed by atoms with Gasteiger partial charge in [-0.1, -0.05) is 56.8 Å². The molecule has 1 aliphatic rings. The summed E-state index contributed by atoms with van der Waals surface area (Å²) in [6.07, 6.45) is 0.963. The van der Waals surface area contributed by atoms with Gasteiger partial charge < -0.3 is 0 Å². The maximum absolute atomic E-state index is 6.18. The minimum Gasteiger partial charge on any atom is -0.0843 e. The van der Waals surface area contributed by atoms with Gasteiger partial charge in [-0.25, -0.2) is 0 Å². The van der Waals surface area contributed by atoms with Crippen LogP contribution in [0.3, 0.4) is 0 Å². The van der Waals surface area contributed by atoms with Crippen LogP contribution in [0.1, 0.15) is 23.6 Å². The zero-order valence-corrected chi connectivity index (χ0v) is 13.4. The molecule has 0 radical (unpaired) electrons. The van der Waals surface area contributed by atoms with E-state index in [0.29, 0.717) is 0 Å². The first kappa shape index (κ1) is 13.2. The molecule has 0 bridgehead atoms. The fraction of sp³-hybridized carbons (Fsp3) is 0.125. The van der Waals surface area contributed by atoms with Crippen LogP contribution in [-0.4, -0.2) is 0 Å². The fourth-order valence-corrected chi connectivity index (χ4v) is 3.68. The molecule has 0 amide bonds. The summed E-state index contributed by atoms with van der Waals surface area (Å²) in [6.45, 7) is 2.17. The van der Waals surface area contributed by atoms with E-state index >= 15 is 0 Å². The third-order valence-corrected chi connectivity index (χ3v) is 4.61. The summed E-state index contributed by atoms with van der Waals surface area (Å²) in [5.41, 5.74) is 6.36. The van der Waals surface area contributed by atoms with Crippen LogP contribution in [0.4, 0.5) is 0 Å². The first-order valence-electron chi connectivity index (χ1n) is 6.00. The van der Waals surface area contributed by atoms with Crippen molar-refractivity contribution in [3.05, 3.63) is 73.2 Å². The van der Waals surface area contributed by atoms with Gasteiger partial charge in [0.2, 0.25) is 0 Å². The molecule has 3 heteroatoms. The Kier molecular flexibility index (Phi) is 3.46. The summed E-state index contributed by atoms with van der Waals surface area (Å²) in [5.74, 6) is 0. The van der Waals surface area contributed by atoms with Gasteiger partial charge in [-0.05, 0) is 59.9 Å². The van der Waals surface area contributed by atoms with Gasteiger partial charge >= 0.3 is 0 Å². The van der Waals surface area contributed by atoms with E-state index in [1.54, 1.807) is 0 Å². The molecule has 0 saturated carbocycles. The van der Waals surface area contributed by atoms with Crippen molar-refractivity contribution >= 4 is 44.7 Å². The van der Waals surface area contributed by atoms with Crippen LogP contribution < -0.4 is 0 Å². The van der Waals surface area contributed by atoms with Crippen molar-refractivity contribution in [1.82, 2.24) is 0 Å². The van der Waals surface area contributed by atoms with Crippen molar-refractivity contribution < 1.29 is 0 Å². The van der Waals surface area contributed by atoms with E-state index in [2.05, 4.69) is 35.0 Å². The number of halogens is 3. The molecule has 0 fully saturated rings. The molecule has 0 atom stereocenters. The monoisotopic (exact) mass is 352 g/mol. The lowest BCUT2D eigenvalue weighted by Gasteiger charge is -2.09. The number of hydrogen-bond acceptors (Lipinski definition) is 0. The molecule has 0 spiro atoms. The second-order valence-corrected chi connectivity index (χ2v) is 6.48. The highest BCUT2D eigenvalue weighted by Gasteiger charge is 2.22. The molecule has 0 aromatic heterocycles. The number of hydrogen-bond donors (Lipinski definition) is 0. The lowest BCUT2D eigenvalue weighted by atomic mass is 9.98. The Morgan fingerprint density at radius 1 is 1.00 bits per heavy atom. The van der Waals surface area contributed by atoms with Crippen molar-refractivity contribution in [2.75, 3.05) is 0 Å². The summed E-state index contributed by atoms with van der Waals surface area (Å²) in [6, 6.07) is 12.0. The van der Waals surface area contributed by atoms with Gasteiger partial charge in [-0.3, -0.25) is 0 Å². The van der Waals surface area contributed by atoms with E-state index in [1.807, 2.05) is 24.3 Å². The number of fused-ring (bicyclic) bond motifs is 1. The fourth-order valence-electron chi connectivity index (χ4n) is 2.61. The third kappa shape index (κ3) is 2.35. The minimum absolute atomic E-state index is 0.756. The summed E-state index contributed by atoms with van der Waals surface area (Å²) < 4.78 is 1.08. The molecule has 0 unspecified atom stereocenters. The van der Waals surface area contributed by atoms with Gasteiger partial charge in [-0.2, -0.15) is 0 Å². The van der Waals surface area contributed by atoms with E-state index in [9.17, 15) is 0 Å². The number of benzene rings is 2. The average Bonchev–Trinajstić information content (AvgIpc) is 2.67. The number of rotatable bonds is 1. The summed E-state index contributed by atoms with van der Waals surface area (Å²) in [4.78, 5) is 0. The summed E-state index contributed by atoms with van der Waals surface area (Å²) in [7, 11) is 0. The van der Waals surface area contributed by atoms with Gasteiger partial charge in [0.25, 0.3) is 0 Å². The highest BCUT2D eigenvalue weighted by Crippen LogP contribution is 2.42. The molecule has 19 heavy (non-hydrogen) atoms. The molecular formula is C16H11BrCl2. The van der Waals surface area contributed by atoms with Crippen LogP contribution in [0, 0.1) is 0 Å². The van der Waals surface area contributed by atoms with Crippen LogP contribution in [0.15, 0.2) is 46.4 Å². The molecule has 0 heterocycles. The van der Waals surface area contributed by atoms with Crippen molar-refractivity contribution in [1.29, 1.82) is 0 Å². The van der Waals surface area contributed by atoms with Crippen molar-refractivity contribution in [2.45, 2.75) is 13.3 Å². The number of allylic oxidation sites excluding steroid dienone is 1. The van der Waals surface area contributed by atoms with E-state index < -0.39 is 0 Å². The molecule has 0 nitrogen and oxygen atoms in total.